The van der Waals surface area contributed by atoms with Gasteiger partial charge >= 0.3 is 0 Å². The number of hydrogen-bond acceptors (Lipinski definition) is 5. The topological polar surface area (TPSA) is 80.6 Å². The van der Waals surface area contributed by atoms with E-state index in [9.17, 15) is 10.1 Å². The third kappa shape index (κ3) is 5.41. The van der Waals surface area contributed by atoms with Crippen LogP contribution < -0.4 is 19.5 Å². The van der Waals surface area contributed by atoms with Crippen molar-refractivity contribution < 1.29 is 19.0 Å². The second kappa shape index (κ2) is 10.2. The van der Waals surface area contributed by atoms with Crippen LogP contribution in [0.1, 0.15) is 19.4 Å². The summed E-state index contributed by atoms with van der Waals surface area (Å²) in [5.41, 5.74) is 0.989. The van der Waals surface area contributed by atoms with Gasteiger partial charge in [0, 0.05) is 11.8 Å². The number of hydrogen-bond donors (Lipinski definition) is 1. The van der Waals surface area contributed by atoms with Gasteiger partial charge in [0.05, 0.1) is 25.3 Å². The van der Waals surface area contributed by atoms with Crippen LogP contribution in [-0.4, -0.2) is 26.2 Å². The van der Waals surface area contributed by atoms with E-state index in [4.69, 9.17) is 25.8 Å². The molecule has 0 aliphatic carbocycles. The van der Waals surface area contributed by atoms with Crippen molar-refractivity contribution in [2.75, 3.05) is 25.6 Å². The standard InChI is InChI=1S/C21H21ClN2O4/c1-4-27-17-8-6-7-16(12-17)24-21(25)15(13-23)9-14-10-18(22)20(28-5-2)19(11-14)26-3/h6-12H,4-5H2,1-3H3,(H,24,25)/b15-9-. The van der Waals surface area contributed by atoms with Crippen LogP contribution in [0.4, 0.5) is 5.69 Å². The Morgan fingerprint density at radius 3 is 2.61 bits per heavy atom. The minimum atomic E-state index is -0.542. The van der Waals surface area contributed by atoms with E-state index in [0.717, 1.165) is 0 Å². The average Bonchev–Trinajstić information content (AvgIpc) is 2.68. The molecule has 28 heavy (non-hydrogen) atoms. The molecule has 6 nitrogen and oxygen atoms in total. The zero-order chi connectivity index (χ0) is 20.5. The van der Waals surface area contributed by atoms with Crippen molar-refractivity contribution in [3.8, 4) is 23.3 Å². The Morgan fingerprint density at radius 1 is 1.21 bits per heavy atom. The van der Waals surface area contributed by atoms with Gasteiger partial charge in [-0.05, 0) is 49.8 Å². The lowest BCUT2D eigenvalue weighted by molar-refractivity contribution is -0.112. The third-order valence-electron chi connectivity index (χ3n) is 3.62. The number of nitriles is 1. The van der Waals surface area contributed by atoms with Crippen molar-refractivity contribution in [1.29, 1.82) is 5.26 Å². The SMILES string of the molecule is CCOc1cccc(NC(=O)/C(C#N)=C\c2cc(Cl)c(OCC)c(OC)c2)c1. The Bertz CT molecular complexity index is 919. The first-order chi connectivity index (χ1) is 13.5. The summed E-state index contributed by atoms with van der Waals surface area (Å²) in [6, 6.07) is 12.1. The Kier molecular flexibility index (Phi) is 7.73. The van der Waals surface area contributed by atoms with Gasteiger partial charge in [0.15, 0.2) is 11.5 Å². The summed E-state index contributed by atoms with van der Waals surface area (Å²) in [5.74, 6) is 0.924. The molecule has 0 unspecified atom stereocenters. The van der Waals surface area contributed by atoms with Gasteiger partial charge in [-0.15, -0.1) is 0 Å². The van der Waals surface area contributed by atoms with E-state index in [1.54, 1.807) is 36.4 Å². The normalized spacial score (nSPS) is 10.8. The van der Waals surface area contributed by atoms with Gasteiger partial charge in [-0.3, -0.25) is 4.79 Å². The molecule has 2 rings (SSSR count). The highest BCUT2D eigenvalue weighted by Crippen LogP contribution is 2.37. The van der Waals surface area contributed by atoms with Gasteiger partial charge in [0.2, 0.25) is 0 Å². The number of methoxy groups -OCH3 is 1. The zero-order valence-electron chi connectivity index (χ0n) is 15.9. The average molecular weight is 401 g/mol. The molecule has 0 saturated heterocycles. The number of nitrogens with zero attached hydrogens (tertiary/aromatic N) is 1. The van der Waals surface area contributed by atoms with Crippen LogP contribution in [0.3, 0.4) is 0 Å². The van der Waals surface area contributed by atoms with Crippen molar-refractivity contribution >= 4 is 29.3 Å². The smallest absolute Gasteiger partial charge is 0.266 e. The van der Waals surface area contributed by atoms with Crippen LogP contribution in [0.25, 0.3) is 6.08 Å². The molecule has 146 valence electrons. The first kappa shape index (κ1) is 21.1. The van der Waals surface area contributed by atoms with E-state index < -0.39 is 5.91 Å². The lowest BCUT2D eigenvalue weighted by atomic mass is 10.1. The summed E-state index contributed by atoms with van der Waals surface area (Å²) in [5, 5.41) is 12.4. The molecule has 0 heterocycles. The Morgan fingerprint density at radius 2 is 1.96 bits per heavy atom. The van der Waals surface area contributed by atoms with Crippen LogP contribution in [0.2, 0.25) is 5.02 Å². The lowest BCUT2D eigenvalue weighted by Crippen LogP contribution is -2.13. The van der Waals surface area contributed by atoms with Crippen molar-refractivity contribution in [2.24, 2.45) is 0 Å². The van der Waals surface area contributed by atoms with Crippen molar-refractivity contribution in [1.82, 2.24) is 0 Å². The number of nitrogens with one attached hydrogen (secondary N) is 1. The summed E-state index contributed by atoms with van der Waals surface area (Å²) in [7, 11) is 1.49. The second-order valence-corrected chi connectivity index (χ2v) is 5.96. The molecule has 0 aliphatic heterocycles. The highest BCUT2D eigenvalue weighted by atomic mass is 35.5. The zero-order valence-corrected chi connectivity index (χ0v) is 16.7. The Labute approximate surface area is 169 Å². The molecule has 0 radical (unpaired) electrons. The van der Waals surface area contributed by atoms with E-state index in [0.29, 0.717) is 46.7 Å². The fourth-order valence-electron chi connectivity index (χ4n) is 2.45. The molecule has 0 atom stereocenters. The molecule has 7 heteroatoms. The molecule has 2 aromatic carbocycles. The van der Waals surface area contributed by atoms with Crippen LogP contribution in [-0.2, 0) is 4.79 Å². The van der Waals surface area contributed by atoms with Gasteiger partial charge in [0.25, 0.3) is 5.91 Å². The Balaban J connectivity index is 2.28. The summed E-state index contributed by atoms with van der Waals surface area (Å²) in [6.07, 6.45) is 1.44. The Hall–Kier alpha value is -3.17. The van der Waals surface area contributed by atoms with Crippen LogP contribution >= 0.6 is 11.6 Å². The fraction of sp³-hybridized carbons (Fsp3) is 0.238. The minimum absolute atomic E-state index is 0.0795. The highest BCUT2D eigenvalue weighted by molar-refractivity contribution is 6.32. The lowest BCUT2D eigenvalue weighted by Gasteiger charge is -2.12. The molecule has 0 saturated carbocycles. The molecule has 1 amide bonds. The van der Waals surface area contributed by atoms with Gasteiger partial charge in [0.1, 0.15) is 17.4 Å². The maximum atomic E-state index is 12.5. The van der Waals surface area contributed by atoms with E-state index in [2.05, 4.69) is 5.32 Å². The largest absolute Gasteiger partial charge is 0.494 e. The number of carbonyl (C=O) groups excluding carboxylic acids is 1. The molecule has 0 spiro atoms. The van der Waals surface area contributed by atoms with Crippen LogP contribution in [0.5, 0.6) is 17.2 Å². The number of rotatable bonds is 8. The maximum absolute atomic E-state index is 12.5. The number of amides is 1. The van der Waals surface area contributed by atoms with Crippen LogP contribution in [0.15, 0.2) is 42.0 Å². The predicted molar refractivity (Wildman–Crippen MR) is 109 cm³/mol. The number of halogens is 1. The first-order valence-corrected chi connectivity index (χ1v) is 9.06. The summed E-state index contributed by atoms with van der Waals surface area (Å²) >= 11 is 6.24. The number of benzene rings is 2. The fourth-order valence-corrected chi connectivity index (χ4v) is 2.73. The van der Waals surface area contributed by atoms with Gasteiger partial charge < -0.3 is 19.5 Å². The molecule has 0 aromatic heterocycles. The summed E-state index contributed by atoms with van der Waals surface area (Å²) in [6.45, 7) is 4.65. The summed E-state index contributed by atoms with van der Waals surface area (Å²) in [4.78, 5) is 12.5. The van der Waals surface area contributed by atoms with E-state index >= 15 is 0 Å². The van der Waals surface area contributed by atoms with E-state index in [-0.39, 0.29) is 5.57 Å². The highest BCUT2D eigenvalue weighted by Gasteiger charge is 2.14. The van der Waals surface area contributed by atoms with Gasteiger partial charge in [-0.1, -0.05) is 17.7 Å². The first-order valence-electron chi connectivity index (χ1n) is 8.68. The van der Waals surface area contributed by atoms with Gasteiger partial charge in [-0.25, -0.2) is 0 Å². The third-order valence-corrected chi connectivity index (χ3v) is 3.90. The van der Waals surface area contributed by atoms with Gasteiger partial charge in [-0.2, -0.15) is 5.26 Å². The second-order valence-electron chi connectivity index (χ2n) is 5.55. The van der Waals surface area contributed by atoms with Crippen LogP contribution in [0, 0.1) is 11.3 Å². The molecule has 0 bridgehead atoms. The summed E-state index contributed by atoms with van der Waals surface area (Å²) < 4.78 is 16.2. The van der Waals surface area contributed by atoms with Crippen molar-refractivity contribution in [2.45, 2.75) is 13.8 Å². The number of ether oxygens (including phenoxy) is 3. The predicted octanol–water partition coefficient (Wildman–Crippen LogP) is 4.69. The molecule has 0 aliphatic rings. The number of carbonyl (C=O) groups is 1. The van der Waals surface area contributed by atoms with Crippen molar-refractivity contribution in [3.05, 3.63) is 52.6 Å². The van der Waals surface area contributed by atoms with E-state index in [1.165, 1.54) is 13.2 Å². The molecule has 1 N–H and O–H groups in total. The maximum Gasteiger partial charge on any atom is 0.266 e. The molecule has 2 aromatic rings. The van der Waals surface area contributed by atoms with Crippen molar-refractivity contribution in [3.63, 3.8) is 0 Å². The number of anilines is 1. The molecular weight excluding hydrogens is 380 g/mol. The monoisotopic (exact) mass is 400 g/mol. The quantitative estimate of drug-likeness (QED) is 0.513. The van der Waals surface area contributed by atoms with E-state index in [1.807, 2.05) is 19.9 Å². The molecular formula is C21H21ClN2O4. The minimum Gasteiger partial charge on any atom is -0.494 e. The molecule has 0 fully saturated rings.